The Morgan fingerprint density at radius 2 is 1.76 bits per heavy atom. The molecule has 2 heterocycles. The molecule has 3 aromatic rings. The first-order valence-electron chi connectivity index (χ1n) is 10.3. The number of halogens is 1. The van der Waals surface area contributed by atoms with E-state index >= 15 is 0 Å². The second-order valence-electron chi connectivity index (χ2n) is 7.86. The van der Waals surface area contributed by atoms with Crippen LogP contribution in [0, 0.1) is 0 Å². The zero-order chi connectivity index (χ0) is 23.6. The molecule has 1 fully saturated rings. The van der Waals surface area contributed by atoms with Gasteiger partial charge in [-0.1, -0.05) is 35.9 Å². The maximum atomic E-state index is 11.0. The van der Waals surface area contributed by atoms with E-state index in [9.17, 15) is 25.5 Å². The van der Waals surface area contributed by atoms with Crippen molar-refractivity contribution in [2.24, 2.45) is 0 Å². The van der Waals surface area contributed by atoms with Gasteiger partial charge in [-0.3, -0.25) is 0 Å². The maximum Gasteiger partial charge on any atom is 0.222 e. The Morgan fingerprint density at radius 1 is 1.00 bits per heavy atom. The number of hydrogen-bond donors (Lipinski definition) is 5. The normalized spacial score (nSPS) is 27.3. The van der Waals surface area contributed by atoms with Crippen molar-refractivity contribution in [3.63, 3.8) is 0 Å². The zero-order valence-electron chi connectivity index (χ0n) is 17.5. The Morgan fingerprint density at radius 3 is 2.42 bits per heavy atom. The Labute approximate surface area is 195 Å². The molecule has 0 amide bonds. The third-order valence-corrected chi connectivity index (χ3v) is 5.97. The molecule has 1 aliphatic rings. The number of ether oxygens (including phenoxy) is 2. The van der Waals surface area contributed by atoms with Crippen LogP contribution < -0.4 is 4.74 Å². The van der Waals surface area contributed by atoms with Crippen LogP contribution >= 0.6 is 11.6 Å². The van der Waals surface area contributed by atoms with E-state index in [1.807, 2.05) is 18.2 Å². The lowest BCUT2D eigenvalue weighted by molar-refractivity contribution is -0.357. The third kappa shape index (κ3) is 4.87. The first-order valence-corrected chi connectivity index (χ1v) is 10.7. The van der Waals surface area contributed by atoms with Gasteiger partial charge in [0.15, 0.2) is 0 Å². The van der Waals surface area contributed by atoms with Crippen molar-refractivity contribution in [2.45, 2.75) is 36.6 Å². The van der Waals surface area contributed by atoms with E-state index in [-0.39, 0.29) is 5.56 Å². The minimum Gasteiger partial charge on any atom is -0.439 e. The average molecular weight is 474 g/mol. The summed E-state index contributed by atoms with van der Waals surface area (Å²) in [6, 6.07) is 17.3. The molecule has 1 aliphatic heterocycles. The molecule has 9 heteroatoms. The van der Waals surface area contributed by atoms with Gasteiger partial charge < -0.3 is 35.0 Å². The molecule has 0 bridgehead atoms. The molecule has 2 aromatic carbocycles. The molecule has 174 valence electrons. The summed E-state index contributed by atoms with van der Waals surface area (Å²) >= 11 is 6.37. The summed E-state index contributed by atoms with van der Waals surface area (Å²) in [4.78, 5) is 4.12. The lowest BCUT2D eigenvalue weighted by atomic mass is 9.87. The van der Waals surface area contributed by atoms with Gasteiger partial charge in [-0.2, -0.15) is 0 Å². The number of hydrogen-bond acceptors (Lipinski definition) is 8. The minimum absolute atomic E-state index is 0.133. The van der Waals surface area contributed by atoms with E-state index < -0.39 is 36.8 Å². The Bertz CT molecular complexity index is 1080. The predicted molar refractivity (Wildman–Crippen MR) is 119 cm³/mol. The average Bonchev–Trinajstić information content (AvgIpc) is 2.83. The molecular weight excluding hydrogens is 450 g/mol. The van der Waals surface area contributed by atoms with E-state index in [2.05, 4.69) is 4.98 Å². The van der Waals surface area contributed by atoms with E-state index in [0.29, 0.717) is 28.6 Å². The number of aliphatic hydroxyl groups excluding tert-OH is 4. The van der Waals surface area contributed by atoms with Crippen LogP contribution in [0.15, 0.2) is 66.9 Å². The van der Waals surface area contributed by atoms with E-state index in [4.69, 9.17) is 21.1 Å². The molecule has 0 unspecified atom stereocenters. The van der Waals surface area contributed by atoms with Gasteiger partial charge in [-0.15, -0.1) is 0 Å². The smallest absolute Gasteiger partial charge is 0.222 e. The highest BCUT2D eigenvalue weighted by Crippen LogP contribution is 2.38. The molecule has 33 heavy (non-hydrogen) atoms. The largest absolute Gasteiger partial charge is 0.439 e. The maximum absolute atomic E-state index is 11.0. The summed E-state index contributed by atoms with van der Waals surface area (Å²) in [6.45, 7) is -0.652. The molecule has 5 atom stereocenters. The highest BCUT2D eigenvalue weighted by atomic mass is 35.5. The number of aliphatic hydroxyl groups is 5. The molecule has 8 nitrogen and oxygen atoms in total. The fourth-order valence-electron chi connectivity index (χ4n) is 3.75. The van der Waals surface area contributed by atoms with Crippen LogP contribution in [0.5, 0.6) is 11.6 Å². The van der Waals surface area contributed by atoms with Gasteiger partial charge in [0, 0.05) is 22.8 Å². The van der Waals surface area contributed by atoms with Gasteiger partial charge in [0.25, 0.3) is 0 Å². The monoisotopic (exact) mass is 473 g/mol. The summed E-state index contributed by atoms with van der Waals surface area (Å²) in [5.41, 5.74) is 1.68. The molecule has 1 aromatic heterocycles. The second-order valence-corrected chi connectivity index (χ2v) is 8.27. The molecular formula is C24H24ClNO7. The van der Waals surface area contributed by atoms with Gasteiger partial charge >= 0.3 is 0 Å². The fraction of sp³-hybridized carbons (Fsp3) is 0.292. The van der Waals surface area contributed by atoms with Crippen LogP contribution in [0.1, 0.15) is 16.7 Å². The molecule has 0 spiro atoms. The second kappa shape index (κ2) is 9.74. The van der Waals surface area contributed by atoms with E-state index in [0.717, 1.165) is 5.56 Å². The SMILES string of the molecule is OC[C@H]1O[C@](O)(c2ccc(Cl)c(Cc3ccc(Oc4ccccn4)cc3)c2)[C@H](O)[C@@H](O)[C@@H]1O. The summed E-state index contributed by atoms with van der Waals surface area (Å²) in [7, 11) is 0. The van der Waals surface area contributed by atoms with Crippen LogP contribution in [0.3, 0.4) is 0 Å². The molecule has 5 N–H and O–H groups in total. The Hall–Kier alpha value is -2.56. The number of aromatic nitrogens is 1. The number of rotatable bonds is 6. The minimum atomic E-state index is -2.34. The topological polar surface area (TPSA) is 132 Å². The van der Waals surface area contributed by atoms with Gasteiger partial charge in [-0.25, -0.2) is 4.98 Å². The summed E-state index contributed by atoms with van der Waals surface area (Å²) in [5.74, 6) is -1.24. The lowest BCUT2D eigenvalue weighted by Gasteiger charge is -2.45. The van der Waals surface area contributed by atoms with Gasteiger partial charge in [-0.05, 0) is 47.9 Å². The molecule has 0 aliphatic carbocycles. The molecule has 1 saturated heterocycles. The molecule has 4 rings (SSSR count). The Kier molecular flexibility index (Phi) is 6.96. The summed E-state index contributed by atoms with van der Waals surface area (Å²) < 4.78 is 11.1. The molecule has 0 radical (unpaired) electrons. The van der Waals surface area contributed by atoms with Crippen molar-refractivity contribution in [3.8, 4) is 11.6 Å². The highest BCUT2D eigenvalue weighted by molar-refractivity contribution is 6.31. The Balaban J connectivity index is 1.55. The van der Waals surface area contributed by atoms with Crippen molar-refractivity contribution in [3.05, 3.63) is 88.6 Å². The van der Waals surface area contributed by atoms with Crippen molar-refractivity contribution in [1.29, 1.82) is 0 Å². The molecule has 0 saturated carbocycles. The van der Waals surface area contributed by atoms with Gasteiger partial charge in [0.2, 0.25) is 11.7 Å². The van der Waals surface area contributed by atoms with E-state index in [1.165, 1.54) is 6.07 Å². The number of benzene rings is 2. The third-order valence-electron chi connectivity index (χ3n) is 5.60. The quantitative estimate of drug-likeness (QED) is 0.365. The van der Waals surface area contributed by atoms with Crippen molar-refractivity contribution in [1.82, 2.24) is 4.98 Å². The van der Waals surface area contributed by atoms with Crippen LogP contribution in [-0.4, -0.2) is 61.5 Å². The standard InChI is InChI=1S/C24H24ClNO7/c25-18-9-6-16(24(31)23(30)22(29)21(28)19(13-27)33-24)12-15(18)11-14-4-7-17(8-5-14)32-20-3-1-2-10-26-20/h1-10,12,19,21-23,27-31H,11,13H2/t19-,21-,22+,23-,24-/m1/s1. The fourth-order valence-corrected chi connectivity index (χ4v) is 3.93. The number of pyridine rings is 1. The van der Waals surface area contributed by atoms with Crippen LogP contribution in [0.2, 0.25) is 5.02 Å². The summed E-state index contributed by atoms with van der Waals surface area (Å²) in [5, 5.41) is 51.4. The summed E-state index contributed by atoms with van der Waals surface area (Å²) in [6.07, 6.45) is -4.35. The van der Waals surface area contributed by atoms with Crippen LogP contribution in [0.25, 0.3) is 0 Å². The predicted octanol–water partition coefficient (Wildman–Crippen LogP) is 1.74. The van der Waals surface area contributed by atoms with Gasteiger partial charge in [0.1, 0.15) is 30.2 Å². The lowest BCUT2D eigenvalue weighted by Crippen LogP contribution is -2.63. The van der Waals surface area contributed by atoms with Crippen molar-refractivity contribution >= 4 is 11.6 Å². The van der Waals surface area contributed by atoms with Crippen molar-refractivity contribution < 1.29 is 35.0 Å². The first kappa shape index (κ1) is 23.6. The van der Waals surface area contributed by atoms with E-state index in [1.54, 1.807) is 42.6 Å². The van der Waals surface area contributed by atoms with Crippen LogP contribution in [0.4, 0.5) is 0 Å². The van der Waals surface area contributed by atoms with Crippen molar-refractivity contribution in [2.75, 3.05) is 6.61 Å². The first-order chi connectivity index (χ1) is 15.8. The van der Waals surface area contributed by atoms with Gasteiger partial charge in [0.05, 0.1) is 6.61 Å². The highest BCUT2D eigenvalue weighted by Gasteiger charge is 2.53. The zero-order valence-corrected chi connectivity index (χ0v) is 18.2. The number of nitrogens with zero attached hydrogens (tertiary/aromatic N) is 1. The van der Waals surface area contributed by atoms with Crippen LogP contribution in [-0.2, 0) is 16.9 Å².